The summed E-state index contributed by atoms with van der Waals surface area (Å²) < 4.78 is 27.0. The largest absolute Gasteiger partial charge is 0.443 e. The van der Waals surface area contributed by atoms with E-state index in [-0.39, 0.29) is 15.3 Å². The first kappa shape index (κ1) is 13.2. The minimum Gasteiger partial charge on any atom is -0.443 e. The second kappa shape index (κ2) is 4.98. The molecular weight excluding hydrogens is 300 g/mol. The third-order valence-corrected chi connectivity index (χ3v) is 3.49. The Balaban J connectivity index is 2.98. The molecule has 0 atom stereocenters. The number of sulfonamides is 1. The van der Waals surface area contributed by atoms with E-state index in [0.29, 0.717) is 6.54 Å². The monoisotopic (exact) mass is 310 g/mol. The molecule has 1 amide bonds. The number of halogens is 1. The fourth-order valence-electron chi connectivity index (χ4n) is 0.984. The van der Waals surface area contributed by atoms with Crippen molar-refractivity contribution < 1.29 is 17.6 Å². The number of amides is 1. The van der Waals surface area contributed by atoms with Crippen LogP contribution in [0.3, 0.4) is 0 Å². The second-order valence-corrected chi connectivity index (χ2v) is 5.30. The molecule has 1 aromatic heterocycles. The highest BCUT2D eigenvalue weighted by molar-refractivity contribution is 9.10. The summed E-state index contributed by atoms with van der Waals surface area (Å²) in [4.78, 5) is 11.2. The van der Waals surface area contributed by atoms with E-state index in [1.165, 1.54) is 0 Å². The molecule has 0 unspecified atom stereocenters. The molecule has 1 rings (SSSR count). The van der Waals surface area contributed by atoms with Gasteiger partial charge in [-0.05, 0) is 22.4 Å². The van der Waals surface area contributed by atoms with E-state index in [1.807, 2.05) is 6.92 Å². The molecule has 1 aromatic rings. The van der Waals surface area contributed by atoms with Crippen LogP contribution in [0.4, 0.5) is 0 Å². The predicted molar refractivity (Wildman–Crippen MR) is 60.4 cm³/mol. The summed E-state index contributed by atoms with van der Waals surface area (Å²) in [5.41, 5.74) is 0. The van der Waals surface area contributed by atoms with E-state index in [0.717, 1.165) is 12.5 Å². The molecule has 1 heterocycles. The van der Waals surface area contributed by atoms with Crippen molar-refractivity contribution in [2.75, 3.05) is 6.54 Å². The Morgan fingerprint density at radius 1 is 1.62 bits per heavy atom. The molecule has 0 radical (unpaired) electrons. The van der Waals surface area contributed by atoms with Gasteiger partial charge in [0.25, 0.3) is 5.91 Å². The van der Waals surface area contributed by atoms with Crippen molar-refractivity contribution in [2.45, 2.75) is 18.2 Å². The highest BCUT2D eigenvalue weighted by Crippen LogP contribution is 2.24. The fraction of sp³-hybridized carbons (Fsp3) is 0.375. The normalized spacial score (nSPS) is 11.4. The Bertz CT molecular complexity index is 494. The Morgan fingerprint density at radius 2 is 2.25 bits per heavy atom. The van der Waals surface area contributed by atoms with E-state index >= 15 is 0 Å². The third-order valence-electron chi connectivity index (χ3n) is 1.72. The molecular formula is C8H11BrN2O4S. The Labute approximate surface area is 101 Å². The molecule has 0 fully saturated rings. The highest BCUT2D eigenvalue weighted by atomic mass is 79.9. The Kier molecular flexibility index (Phi) is 4.11. The number of carbonyl (C=O) groups is 1. The zero-order chi connectivity index (χ0) is 12.3. The second-order valence-electron chi connectivity index (χ2n) is 3.05. The molecule has 16 heavy (non-hydrogen) atoms. The van der Waals surface area contributed by atoms with Gasteiger partial charge in [-0.25, -0.2) is 13.6 Å². The fourth-order valence-corrected chi connectivity index (χ4v) is 2.49. The van der Waals surface area contributed by atoms with Crippen LogP contribution in [0.15, 0.2) is 20.0 Å². The standard InChI is InChI=1S/C8H11BrN2O4S/c1-2-3-11-8(12)5-4-6(7(9)15-5)16(10,13)14/h4H,2-3H2,1H3,(H,11,12)(H2,10,13,14). The summed E-state index contributed by atoms with van der Waals surface area (Å²) in [5.74, 6) is -0.568. The summed E-state index contributed by atoms with van der Waals surface area (Å²) in [6.07, 6.45) is 0.773. The van der Waals surface area contributed by atoms with Gasteiger partial charge in [0.1, 0.15) is 4.90 Å². The first-order chi connectivity index (χ1) is 7.36. The maximum Gasteiger partial charge on any atom is 0.287 e. The van der Waals surface area contributed by atoms with Crippen LogP contribution in [0.25, 0.3) is 0 Å². The SMILES string of the molecule is CCCNC(=O)c1cc(S(N)(=O)=O)c(Br)o1. The number of hydrogen-bond acceptors (Lipinski definition) is 4. The average Bonchev–Trinajstić information content (AvgIpc) is 2.56. The number of hydrogen-bond donors (Lipinski definition) is 2. The van der Waals surface area contributed by atoms with E-state index in [1.54, 1.807) is 0 Å². The van der Waals surface area contributed by atoms with Crippen LogP contribution in [-0.2, 0) is 10.0 Å². The van der Waals surface area contributed by atoms with Gasteiger partial charge in [0.05, 0.1) is 0 Å². The van der Waals surface area contributed by atoms with E-state index in [9.17, 15) is 13.2 Å². The lowest BCUT2D eigenvalue weighted by molar-refractivity contribution is 0.0924. The molecule has 8 heteroatoms. The number of nitrogens with one attached hydrogen (secondary N) is 1. The van der Waals surface area contributed by atoms with Crippen LogP contribution in [-0.4, -0.2) is 20.9 Å². The van der Waals surface area contributed by atoms with Crippen molar-refractivity contribution in [2.24, 2.45) is 5.14 Å². The Morgan fingerprint density at radius 3 is 2.69 bits per heavy atom. The van der Waals surface area contributed by atoms with Crippen molar-refractivity contribution in [1.82, 2.24) is 5.32 Å². The highest BCUT2D eigenvalue weighted by Gasteiger charge is 2.21. The molecule has 0 saturated heterocycles. The number of nitrogens with two attached hydrogens (primary N) is 1. The van der Waals surface area contributed by atoms with Crippen LogP contribution in [0.1, 0.15) is 23.9 Å². The predicted octanol–water partition coefficient (Wildman–Crippen LogP) is 0.829. The van der Waals surface area contributed by atoms with E-state index < -0.39 is 15.9 Å². The maximum atomic E-state index is 11.4. The van der Waals surface area contributed by atoms with E-state index in [4.69, 9.17) is 9.56 Å². The topological polar surface area (TPSA) is 102 Å². The minimum absolute atomic E-state index is 0.0725. The molecule has 6 nitrogen and oxygen atoms in total. The summed E-state index contributed by atoms with van der Waals surface area (Å²) in [6, 6.07) is 1.09. The summed E-state index contributed by atoms with van der Waals surface area (Å²) >= 11 is 2.88. The van der Waals surface area contributed by atoms with Gasteiger partial charge in [0.2, 0.25) is 10.0 Å². The smallest absolute Gasteiger partial charge is 0.287 e. The van der Waals surface area contributed by atoms with Gasteiger partial charge in [-0.15, -0.1) is 0 Å². The van der Waals surface area contributed by atoms with Gasteiger partial charge in [-0.1, -0.05) is 6.92 Å². The zero-order valence-electron chi connectivity index (χ0n) is 8.49. The van der Waals surface area contributed by atoms with Gasteiger partial charge in [0.15, 0.2) is 10.4 Å². The first-order valence-electron chi connectivity index (χ1n) is 4.46. The molecule has 3 N–H and O–H groups in total. The van der Waals surface area contributed by atoms with Crippen molar-refractivity contribution >= 4 is 31.9 Å². The summed E-state index contributed by atoms with van der Waals surface area (Å²) in [5, 5.41) is 7.47. The van der Waals surface area contributed by atoms with Crippen LogP contribution in [0, 0.1) is 0 Å². The number of carbonyl (C=O) groups excluding carboxylic acids is 1. The molecule has 0 aliphatic heterocycles. The lowest BCUT2D eigenvalue weighted by Crippen LogP contribution is -2.23. The van der Waals surface area contributed by atoms with Crippen molar-refractivity contribution in [3.8, 4) is 0 Å². The van der Waals surface area contributed by atoms with Crippen molar-refractivity contribution in [1.29, 1.82) is 0 Å². The molecule has 0 bridgehead atoms. The molecule has 0 saturated carbocycles. The molecule has 0 aliphatic rings. The first-order valence-corrected chi connectivity index (χ1v) is 6.80. The molecule has 0 spiro atoms. The molecule has 0 aliphatic carbocycles. The number of primary sulfonamides is 1. The van der Waals surface area contributed by atoms with Crippen LogP contribution in [0.2, 0.25) is 0 Å². The van der Waals surface area contributed by atoms with Gasteiger partial charge in [0, 0.05) is 12.6 Å². The van der Waals surface area contributed by atoms with Crippen molar-refractivity contribution in [3.05, 3.63) is 16.5 Å². The van der Waals surface area contributed by atoms with Gasteiger partial charge >= 0.3 is 0 Å². The summed E-state index contributed by atoms with van der Waals surface area (Å²) in [7, 11) is -3.89. The van der Waals surface area contributed by atoms with E-state index in [2.05, 4.69) is 21.2 Å². The molecule has 0 aromatic carbocycles. The average molecular weight is 311 g/mol. The number of rotatable bonds is 4. The minimum atomic E-state index is -3.89. The summed E-state index contributed by atoms with van der Waals surface area (Å²) in [6.45, 7) is 2.38. The number of furan rings is 1. The third kappa shape index (κ3) is 3.06. The van der Waals surface area contributed by atoms with Gasteiger partial charge < -0.3 is 9.73 Å². The lowest BCUT2D eigenvalue weighted by atomic mass is 10.4. The zero-order valence-corrected chi connectivity index (χ0v) is 10.9. The van der Waals surface area contributed by atoms with Gasteiger partial charge in [-0.2, -0.15) is 0 Å². The van der Waals surface area contributed by atoms with Crippen LogP contribution in [0.5, 0.6) is 0 Å². The molecule has 90 valence electrons. The lowest BCUT2D eigenvalue weighted by Gasteiger charge is -1.98. The Hall–Kier alpha value is -0.860. The van der Waals surface area contributed by atoms with Crippen LogP contribution >= 0.6 is 15.9 Å². The van der Waals surface area contributed by atoms with Crippen molar-refractivity contribution in [3.63, 3.8) is 0 Å². The van der Waals surface area contributed by atoms with Crippen LogP contribution < -0.4 is 10.5 Å². The quantitative estimate of drug-likeness (QED) is 0.859. The van der Waals surface area contributed by atoms with Gasteiger partial charge in [-0.3, -0.25) is 4.79 Å². The maximum absolute atomic E-state index is 11.4.